The molecule has 0 bridgehead atoms. The summed E-state index contributed by atoms with van der Waals surface area (Å²) < 4.78 is 0. The Balaban J connectivity index is 2.65. The minimum Gasteiger partial charge on any atom is -0.0883 e. The van der Waals surface area contributed by atoms with Gasteiger partial charge in [-0.05, 0) is 43.4 Å². The Bertz CT molecular complexity index is 192. The van der Waals surface area contributed by atoms with Crippen LogP contribution in [0.1, 0.15) is 72.1 Å². The molecule has 2 unspecified atom stereocenters. The molecule has 88 valence electrons. The van der Waals surface area contributed by atoms with E-state index >= 15 is 0 Å². The molecule has 0 aliphatic heterocycles. The monoisotopic (exact) mass is 208 g/mol. The van der Waals surface area contributed by atoms with Gasteiger partial charge in [0.1, 0.15) is 0 Å². The van der Waals surface area contributed by atoms with Crippen LogP contribution in [0.3, 0.4) is 0 Å². The number of rotatable bonds is 4. The maximum absolute atomic E-state index is 2.55. The first-order valence-corrected chi connectivity index (χ1v) is 6.90. The molecule has 0 radical (unpaired) electrons. The van der Waals surface area contributed by atoms with E-state index in [1.807, 2.05) is 0 Å². The summed E-state index contributed by atoms with van der Waals surface area (Å²) in [5.41, 5.74) is 0.565. The fourth-order valence-electron chi connectivity index (χ4n) is 2.97. The lowest BCUT2D eigenvalue weighted by atomic mass is 9.76. The molecule has 2 atom stereocenters. The molecule has 1 aliphatic rings. The van der Waals surface area contributed by atoms with E-state index in [0.29, 0.717) is 5.41 Å². The van der Waals surface area contributed by atoms with Gasteiger partial charge in [-0.3, -0.25) is 0 Å². The zero-order chi connectivity index (χ0) is 11.1. The first-order valence-electron chi connectivity index (χ1n) is 6.90. The van der Waals surface area contributed by atoms with E-state index in [4.69, 9.17) is 0 Å². The van der Waals surface area contributed by atoms with Crippen LogP contribution in [-0.4, -0.2) is 0 Å². The summed E-state index contributed by atoms with van der Waals surface area (Å²) in [6.07, 6.45) is 16.1. The fourth-order valence-corrected chi connectivity index (χ4v) is 2.97. The van der Waals surface area contributed by atoms with Crippen LogP contribution in [-0.2, 0) is 0 Å². The number of hydrogen-bond acceptors (Lipinski definition) is 0. The highest BCUT2D eigenvalue weighted by Gasteiger charge is 2.28. The van der Waals surface area contributed by atoms with Crippen LogP contribution < -0.4 is 0 Å². The molecule has 1 fully saturated rings. The summed E-state index contributed by atoms with van der Waals surface area (Å²) in [6.45, 7) is 7.00. The van der Waals surface area contributed by atoms with Crippen molar-refractivity contribution < 1.29 is 0 Å². The normalized spacial score (nSPS) is 33.1. The van der Waals surface area contributed by atoms with E-state index in [2.05, 4.69) is 32.9 Å². The smallest absolute Gasteiger partial charge is 0.0118 e. The quantitative estimate of drug-likeness (QED) is 0.432. The first kappa shape index (κ1) is 12.8. The van der Waals surface area contributed by atoms with Crippen LogP contribution in [0.2, 0.25) is 0 Å². The van der Waals surface area contributed by atoms with Crippen LogP contribution in [0.25, 0.3) is 0 Å². The Labute approximate surface area is 96.2 Å². The van der Waals surface area contributed by atoms with E-state index in [9.17, 15) is 0 Å². The van der Waals surface area contributed by atoms with Crippen molar-refractivity contribution >= 4 is 0 Å². The lowest BCUT2D eigenvalue weighted by Gasteiger charge is -2.29. The molecule has 0 aromatic carbocycles. The molecule has 1 saturated carbocycles. The third kappa shape index (κ3) is 4.01. The lowest BCUT2D eigenvalue weighted by molar-refractivity contribution is 0.295. The molecule has 0 aromatic rings. The molecule has 0 saturated heterocycles. The van der Waals surface area contributed by atoms with Gasteiger partial charge in [0.05, 0.1) is 0 Å². The molecule has 0 nitrogen and oxygen atoms in total. The summed E-state index contributed by atoms with van der Waals surface area (Å²) in [4.78, 5) is 0. The molecule has 0 aromatic heterocycles. The second kappa shape index (κ2) is 6.35. The fraction of sp³-hybridized carbons (Fsp3) is 0.867. The third-order valence-corrected chi connectivity index (χ3v) is 3.96. The van der Waals surface area contributed by atoms with Crippen molar-refractivity contribution in [1.29, 1.82) is 0 Å². The van der Waals surface area contributed by atoms with E-state index < -0.39 is 0 Å². The van der Waals surface area contributed by atoms with E-state index in [1.165, 1.54) is 51.4 Å². The van der Waals surface area contributed by atoms with Gasteiger partial charge in [0.25, 0.3) is 0 Å². The van der Waals surface area contributed by atoms with Crippen molar-refractivity contribution in [2.45, 2.75) is 72.1 Å². The molecule has 1 aliphatic carbocycles. The second-order valence-electron chi connectivity index (χ2n) is 5.46. The minimum absolute atomic E-state index is 0.565. The first-order chi connectivity index (χ1) is 7.22. The van der Waals surface area contributed by atoms with Gasteiger partial charge in [-0.15, -0.1) is 0 Å². The van der Waals surface area contributed by atoms with Crippen molar-refractivity contribution in [3.05, 3.63) is 12.2 Å². The van der Waals surface area contributed by atoms with Crippen molar-refractivity contribution in [2.24, 2.45) is 11.3 Å². The van der Waals surface area contributed by atoms with Gasteiger partial charge < -0.3 is 0 Å². The van der Waals surface area contributed by atoms with Crippen LogP contribution in [0.15, 0.2) is 12.2 Å². The summed E-state index contributed by atoms with van der Waals surface area (Å²) in [5.74, 6) is 0.957. The van der Waals surface area contributed by atoms with Crippen molar-refractivity contribution in [1.82, 2.24) is 0 Å². The molecule has 0 heterocycles. The summed E-state index contributed by atoms with van der Waals surface area (Å²) in [7, 11) is 0. The topological polar surface area (TPSA) is 0 Å². The molecule has 15 heavy (non-hydrogen) atoms. The number of allylic oxidation sites excluding steroid dienone is 2. The Kier molecular flexibility index (Phi) is 5.42. The Hall–Kier alpha value is -0.260. The van der Waals surface area contributed by atoms with Gasteiger partial charge in [0.15, 0.2) is 0 Å². The average Bonchev–Trinajstić information content (AvgIpc) is 2.40. The Morgan fingerprint density at radius 3 is 2.67 bits per heavy atom. The summed E-state index contributed by atoms with van der Waals surface area (Å²) in [5, 5.41) is 0. The maximum Gasteiger partial charge on any atom is -0.0118 e. The minimum atomic E-state index is 0.565. The Morgan fingerprint density at radius 1 is 1.20 bits per heavy atom. The predicted molar refractivity (Wildman–Crippen MR) is 69.0 cm³/mol. The Morgan fingerprint density at radius 2 is 2.00 bits per heavy atom. The van der Waals surface area contributed by atoms with E-state index in [1.54, 1.807) is 0 Å². The average molecular weight is 208 g/mol. The molecule has 0 spiro atoms. The third-order valence-electron chi connectivity index (χ3n) is 3.96. The van der Waals surface area contributed by atoms with Crippen LogP contribution in [0, 0.1) is 11.3 Å². The molecule has 0 heteroatoms. The van der Waals surface area contributed by atoms with Crippen LogP contribution in [0.5, 0.6) is 0 Å². The molecule has 0 amide bonds. The van der Waals surface area contributed by atoms with Crippen molar-refractivity contribution in [3.63, 3.8) is 0 Å². The van der Waals surface area contributed by atoms with Gasteiger partial charge in [0.2, 0.25) is 0 Å². The van der Waals surface area contributed by atoms with Gasteiger partial charge in [-0.2, -0.15) is 0 Å². The lowest BCUT2D eigenvalue weighted by Crippen LogP contribution is -2.16. The van der Waals surface area contributed by atoms with Crippen molar-refractivity contribution in [3.8, 4) is 0 Å². The zero-order valence-corrected chi connectivity index (χ0v) is 10.9. The van der Waals surface area contributed by atoms with Crippen LogP contribution in [0.4, 0.5) is 0 Å². The SMILES string of the molecule is CC/C=C/C1(CCC)CCCC(C)CC1. The van der Waals surface area contributed by atoms with Gasteiger partial charge >= 0.3 is 0 Å². The molecule has 1 rings (SSSR count). The maximum atomic E-state index is 2.55. The largest absolute Gasteiger partial charge is 0.0883 e. The van der Waals surface area contributed by atoms with Crippen molar-refractivity contribution in [2.75, 3.05) is 0 Å². The van der Waals surface area contributed by atoms with Gasteiger partial charge in [0, 0.05) is 0 Å². The van der Waals surface area contributed by atoms with Gasteiger partial charge in [-0.25, -0.2) is 0 Å². The predicted octanol–water partition coefficient (Wildman–Crippen LogP) is 5.34. The van der Waals surface area contributed by atoms with E-state index in [-0.39, 0.29) is 0 Å². The zero-order valence-electron chi connectivity index (χ0n) is 10.9. The second-order valence-corrected chi connectivity index (χ2v) is 5.46. The summed E-state index contributed by atoms with van der Waals surface area (Å²) >= 11 is 0. The number of hydrogen-bond donors (Lipinski definition) is 0. The standard InChI is InChI=1S/C15H28/c1-4-6-11-15(10-5-2)12-7-8-14(3)9-13-15/h6,11,14H,4-5,7-10,12-13H2,1-3H3/b11-6+. The molecular formula is C15H28. The summed E-state index contributed by atoms with van der Waals surface area (Å²) in [6, 6.07) is 0. The highest BCUT2D eigenvalue weighted by atomic mass is 14.3. The van der Waals surface area contributed by atoms with Gasteiger partial charge in [-0.1, -0.05) is 52.2 Å². The van der Waals surface area contributed by atoms with Crippen LogP contribution >= 0.6 is 0 Å². The highest BCUT2D eigenvalue weighted by molar-refractivity contribution is 5.00. The molecular weight excluding hydrogens is 180 g/mol. The highest BCUT2D eigenvalue weighted by Crippen LogP contribution is 2.41. The molecule has 0 N–H and O–H groups in total. The van der Waals surface area contributed by atoms with E-state index in [0.717, 1.165) is 5.92 Å².